The van der Waals surface area contributed by atoms with Gasteiger partial charge in [-0.25, -0.2) is 0 Å². The molecule has 0 fully saturated rings. The van der Waals surface area contributed by atoms with Crippen LogP contribution in [0.2, 0.25) is 0 Å². The molecule has 4 N–H and O–H groups in total. The van der Waals surface area contributed by atoms with Crippen molar-refractivity contribution in [1.29, 1.82) is 0 Å². The highest BCUT2D eigenvalue weighted by atomic mass is 16.4. The van der Waals surface area contributed by atoms with Gasteiger partial charge in [0.1, 0.15) is 0 Å². The van der Waals surface area contributed by atoms with Crippen molar-refractivity contribution in [3.63, 3.8) is 0 Å². The van der Waals surface area contributed by atoms with Crippen molar-refractivity contribution in [2.24, 2.45) is 5.73 Å². The summed E-state index contributed by atoms with van der Waals surface area (Å²) in [6.07, 6.45) is 7.68. The zero-order valence-corrected chi connectivity index (χ0v) is 10.9. The summed E-state index contributed by atoms with van der Waals surface area (Å²) in [6.45, 7) is 0. The van der Waals surface area contributed by atoms with E-state index in [4.69, 9.17) is 15.9 Å². The van der Waals surface area contributed by atoms with Crippen molar-refractivity contribution < 1.29 is 19.8 Å². The van der Waals surface area contributed by atoms with Crippen molar-refractivity contribution in [2.75, 3.05) is 0 Å². The maximum absolute atomic E-state index is 10.3. The normalized spacial score (nSPS) is 12.3. The average Bonchev–Trinajstić information content (AvgIpc) is 2.26. The molecule has 106 valence electrons. The lowest BCUT2D eigenvalue weighted by Crippen LogP contribution is -2.19. The third-order valence-electron chi connectivity index (χ3n) is 2.93. The molecule has 0 aliphatic heterocycles. The predicted octanol–water partition coefficient (Wildman–Crippen LogP) is 2.38. The molecule has 0 amide bonds. The first-order valence-corrected chi connectivity index (χ1v) is 6.71. The smallest absolute Gasteiger partial charge is 0.303 e. The predicted molar refractivity (Wildman–Crippen MR) is 69.4 cm³/mol. The van der Waals surface area contributed by atoms with Gasteiger partial charge in [-0.1, -0.05) is 25.7 Å². The van der Waals surface area contributed by atoms with Crippen molar-refractivity contribution >= 4 is 11.9 Å². The fraction of sp³-hybridized carbons (Fsp3) is 0.846. The summed E-state index contributed by atoms with van der Waals surface area (Å²) in [5.41, 5.74) is 5.87. The molecule has 0 aliphatic rings. The first-order chi connectivity index (χ1) is 8.52. The van der Waals surface area contributed by atoms with E-state index in [1.807, 2.05) is 0 Å². The molecule has 0 radical (unpaired) electrons. The Morgan fingerprint density at radius 1 is 0.778 bits per heavy atom. The Balaban J connectivity index is 3.22. The molecule has 0 aliphatic carbocycles. The highest BCUT2D eigenvalue weighted by molar-refractivity contribution is 5.66. The average molecular weight is 259 g/mol. The van der Waals surface area contributed by atoms with Crippen LogP contribution in [-0.4, -0.2) is 28.2 Å². The maximum Gasteiger partial charge on any atom is 0.303 e. The Hall–Kier alpha value is -1.10. The minimum absolute atomic E-state index is 0.100. The van der Waals surface area contributed by atoms with Crippen molar-refractivity contribution in [2.45, 2.75) is 70.3 Å². The molecule has 0 spiro atoms. The quantitative estimate of drug-likeness (QED) is 0.467. The largest absolute Gasteiger partial charge is 0.481 e. The highest BCUT2D eigenvalue weighted by Gasteiger charge is 2.04. The van der Waals surface area contributed by atoms with E-state index in [-0.39, 0.29) is 18.9 Å². The molecule has 0 saturated heterocycles. The number of aliphatic carboxylic acids is 2. The second-order valence-corrected chi connectivity index (χ2v) is 4.75. The number of carboxylic acids is 2. The molecule has 0 heterocycles. The van der Waals surface area contributed by atoms with E-state index in [1.165, 1.54) is 0 Å². The van der Waals surface area contributed by atoms with Gasteiger partial charge in [0.25, 0.3) is 0 Å². The minimum Gasteiger partial charge on any atom is -0.481 e. The summed E-state index contributed by atoms with van der Waals surface area (Å²) < 4.78 is 0. The van der Waals surface area contributed by atoms with Crippen molar-refractivity contribution in [3.05, 3.63) is 0 Å². The van der Waals surface area contributed by atoms with Gasteiger partial charge in [0.15, 0.2) is 0 Å². The van der Waals surface area contributed by atoms with Crippen LogP contribution < -0.4 is 5.73 Å². The first-order valence-electron chi connectivity index (χ1n) is 6.71. The van der Waals surface area contributed by atoms with Crippen molar-refractivity contribution in [1.82, 2.24) is 0 Å². The molecule has 0 aromatic heterocycles. The van der Waals surface area contributed by atoms with Crippen LogP contribution in [-0.2, 0) is 9.59 Å². The summed E-state index contributed by atoms with van der Waals surface area (Å²) in [5, 5.41) is 16.9. The van der Waals surface area contributed by atoms with Gasteiger partial charge in [0.05, 0.1) is 0 Å². The van der Waals surface area contributed by atoms with E-state index in [2.05, 4.69) is 0 Å². The Kier molecular flexibility index (Phi) is 10.3. The van der Waals surface area contributed by atoms with Crippen LogP contribution in [0.4, 0.5) is 0 Å². The molecule has 18 heavy (non-hydrogen) atoms. The first kappa shape index (κ1) is 16.9. The molecular weight excluding hydrogens is 234 g/mol. The number of hydrogen-bond acceptors (Lipinski definition) is 3. The molecule has 1 unspecified atom stereocenters. The summed E-state index contributed by atoms with van der Waals surface area (Å²) in [5.74, 6) is -1.49. The molecule has 0 saturated carbocycles. The Morgan fingerprint density at radius 2 is 1.22 bits per heavy atom. The van der Waals surface area contributed by atoms with Crippen LogP contribution in [0.3, 0.4) is 0 Å². The SMILES string of the molecule is NC(CCCCCCCC(=O)O)CCCC(=O)O. The lowest BCUT2D eigenvalue weighted by Gasteiger charge is -2.10. The fourth-order valence-electron chi connectivity index (χ4n) is 1.87. The summed E-state index contributed by atoms with van der Waals surface area (Å²) in [4.78, 5) is 20.6. The molecule has 0 rings (SSSR count). The topological polar surface area (TPSA) is 101 Å². The van der Waals surface area contributed by atoms with E-state index >= 15 is 0 Å². The third kappa shape index (κ3) is 13.0. The van der Waals surface area contributed by atoms with E-state index in [0.717, 1.165) is 44.9 Å². The van der Waals surface area contributed by atoms with E-state index in [1.54, 1.807) is 0 Å². The lowest BCUT2D eigenvalue weighted by molar-refractivity contribution is -0.138. The minimum atomic E-state index is -0.763. The summed E-state index contributed by atoms with van der Waals surface area (Å²) in [7, 11) is 0. The molecule has 0 bridgehead atoms. The van der Waals surface area contributed by atoms with Crippen LogP contribution in [0.5, 0.6) is 0 Å². The second kappa shape index (κ2) is 11.0. The molecule has 5 nitrogen and oxygen atoms in total. The maximum atomic E-state index is 10.3. The number of unbranched alkanes of at least 4 members (excludes halogenated alkanes) is 4. The van der Waals surface area contributed by atoms with Gasteiger partial charge < -0.3 is 15.9 Å². The molecular formula is C13H25NO4. The van der Waals surface area contributed by atoms with Gasteiger partial charge in [-0.3, -0.25) is 9.59 Å². The van der Waals surface area contributed by atoms with Gasteiger partial charge >= 0.3 is 11.9 Å². The molecule has 0 aromatic carbocycles. The Labute approximate surface area is 108 Å². The monoisotopic (exact) mass is 259 g/mol. The number of rotatable bonds is 12. The lowest BCUT2D eigenvalue weighted by atomic mass is 10.0. The number of carboxylic acid groups (broad SMARTS) is 2. The standard InChI is InChI=1S/C13H25NO4/c14-11(8-6-10-13(17)18)7-4-2-1-3-5-9-12(15)16/h11H,1-10,14H2,(H,15,16)(H,17,18). The van der Waals surface area contributed by atoms with Gasteiger partial charge in [0.2, 0.25) is 0 Å². The van der Waals surface area contributed by atoms with Crippen LogP contribution in [0, 0.1) is 0 Å². The number of nitrogens with two attached hydrogens (primary N) is 1. The fourth-order valence-corrected chi connectivity index (χ4v) is 1.87. The van der Waals surface area contributed by atoms with Crippen LogP contribution in [0.15, 0.2) is 0 Å². The zero-order valence-electron chi connectivity index (χ0n) is 10.9. The number of carbonyl (C=O) groups is 2. The van der Waals surface area contributed by atoms with Crippen LogP contribution >= 0.6 is 0 Å². The molecule has 1 atom stereocenters. The van der Waals surface area contributed by atoms with Gasteiger partial charge in [-0.2, -0.15) is 0 Å². The van der Waals surface area contributed by atoms with Crippen molar-refractivity contribution in [3.8, 4) is 0 Å². The number of hydrogen-bond donors (Lipinski definition) is 3. The summed E-state index contributed by atoms with van der Waals surface area (Å²) >= 11 is 0. The van der Waals surface area contributed by atoms with Gasteiger partial charge in [-0.15, -0.1) is 0 Å². The Morgan fingerprint density at radius 3 is 1.83 bits per heavy atom. The third-order valence-corrected chi connectivity index (χ3v) is 2.93. The van der Waals surface area contributed by atoms with Gasteiger partial charge in [-0.05, 0) is 25.7 Å². The zero-order chi connectivity index (χ0) is 13.8. The summed E-state index contributed by atoms with van der Waals surface area (Å²) in [6, 6.07) is 0.100. The van der Waals surface area contributed by atoms with E-state index in [0.29, 0.717) is 6.42 Å². The second-order valence-electron chi connectivity index (χ2n) is 4.75. The van der Waals surface area contributed by atoms with Crippen LogP contribution in [0.25, 0.3) is 0 Å². The van der Waals surface area contributed by atoms with E-state index in [9.17, 15) is 9.59 Å². The molecule has 5 heteroatoms. The van der Waals surface area contributed by atoms with Crippen LogP contribution in [0.1, 0.15) is 64.2 Å². The van der Waals surface area contributed by atoms with E-state index < -0.39 is 11.9 Å². The van der Waals surface area contributed by atoms with Gasteiger partial charge in [0, 0.05) is 18.9 Å². The molecule has 0 aromatic rings. The Bertz CT molecular complexity index is 243. The highest BCUT2D eigenvalue weighted by Crippen LogP contribution is 2.10.